The summed E-state index contributed by atoms with van der Waals surface area (Å²) >= 11 is 0. The van der Waals surface area contributed by atoms with Crippen LogP contribution in [0.4, 0.5) is 0 Å². The van der Waals surface area contributed by atoms with Crippen molar-refractivity contribution in [1.82, 2.24) is 35.0 Å². The Labute approximate surface area is 157 Å². The van der Waals surface area contributed by atoms with Gasteiger partial charge in [0.25, 0.3) is 0 Å². The van der Waals surface area contributed by atoms with Crippen molar-refractivity contribution in [2.45, 2.75) is 0 Å². The third-order valence-electron chi connectivity index (χ3n) is 3.41. The number of hydrogen-bond acceptors (Lipinski definition) is 5. The third kappa shape index (κ3) is 3.61. The van der Waals surface area contributed by atoms with Gasteiger partial charge in [0, 0.05) is 18.6 Å². The minimum atomic E-state index is 0. The maximum Gasteiger partial charge on any atom is 2.00 e. The van der Waals surface area contributed by atoms with Gasteiger partial charge in [-0.3, -0.25) is 20.3 Å². The minimum Gasteiger partial charge on any atom is -0.347 e. The standard InChI is InChI=1S/C11H7N2.C6H4N5.Pt/c1-2-4-10-9(3-1)5-7-13-8-6-12-11(10)13;1-2-4-7-5(3-1)6-8-10-11-9-6;/h1-3,5-8H;1-4H;/q2*-1;+2. The van der Waals surface area contributed by atoms with Crippen molar-refractivity contribution in [3.05, 3.63) is 73.3 Å². The first-order valence-electron chi connectivity index (χ1n) is 7.24. The molecule has 4 heterocycles. The molecular weight excluding hydrogens is 497 g/mol. The van der Waals surface area contributed by atoms with Crippen LogP contribution in [0.15, 0.2) is 67.3 Å². The number of tetrazole rings is 1. The van der Waals surface area contributed by atoms with Gasteiger partial charge in [-0.2, -0.15) is 5.21 Å². The molecule has 25 heavy (non-hydrogen) atoms. The second-order valence-corrected chi connectivity index (χ2v) is 4.89. The molecule has 0 saturated carbocycles. The molecule has 0 spiro atoms. The first kappa shape index (κ1) is 16.9. The summed E-state index contributed by atoms with van der Waals surface area (Å²) in [6.45, 7) is 0. The van der Waals surface area contributed by atoms with Gasteiger partial charge in [-0.25, -0.2) is 0 Å². The Morgan fingerprint density at radius 3 is 2.72 bits per heavy atom. The van der Waals surface area contributed by atoms with E-state index in [1.165, 1.54) is 5.39 Å². The first-order chi connectivity index (χ1) is 11.9. The van der Waals surface area contributed by atoms with Crippen LogP contribution in [0.3, 0.4) is 0 Å². The fourth-order valence-electron chi connectivity index (χ4n) is 2.31. The Balaban J connectivity index is 0.000000142. The average Bonchev–Trinajstić information content (AvgIpc) is 3.35. The van der Waals surface area contributed by atoms with Crippen LogP contribution in [0.25, 0.3) is 27.9 Å². The van der Waals surface area contributed by atoms with E-state index >= 15 is 0 Å². The van der Waals surface area contributed by atoms with E-state index in [9.17, 15) is 0 Å². The van der Waals surface area contributed by atoms with Gasteiger partial charge < -0.3 is 9.50 Å². The van der Waals surface area contributed by atoms with Crippen LogP contribution in [0, 0.1) is 6.07 Å². The normalized spacial score (nSPS) is 10.1. The number of fused-ring (bicyclic) bond motifs is 3. The number of hydrogen-bond donors (Lipinski definition) is 0. The smallest absolute Gasteiger partial charge is 0.347 e. The molecule has 0 saturated heterocycles. The largest absolute Gasteiger partial charge is 2.00 e. The summed E-state index contributed by atoms with van der Waals surface area (Å²) in [5.74, 6) is 0.464. The summed E-state index contributed by atoms with van der Waals surface area (Å²) in [5.41, 5.74) is 1.66. The van der Waals surface area contributed by atoms with E-state index in [0.717, 1.165) is 11.0 Å². The molecule has 0 aliphatic carbocycles. The molecule has 0 aliphatic heterocycles. The van der Waals surface area contributed by atoms with Gasteiger partial charge in [-0.15, -0.1) is 35.0 Å². The van der Waals surface area contributed by atoms with Gasteiger partial charge in [0.1, 0.15) is 0 Å². The number of benzene rings is 1. The van der Waals surface area contributed by atoms with E-state index in [4.69, 9.17) is 0 Å². The minimum absolute atomic E-state index is 0. The van der Waals surface area contributed by atoms with Crippen LogP contribution in [0.1, 0.15) is 0 Å². The maximum atomic E-state index is 4.28. The first-order valence-corrected chi connectivity index (χ1v) is 7.24. The molecule has 0 N–H and O–H groups in total. The molecule has 4 aromatic heterocycles. The Morgan fingerprint density at radius 2 is 1.92 bits per heavy atom. The molecule has 1 aromatic carbocycles. The van der Waals surface area contributed by atoms with E-state index in [-0.39, 0.29) is 21.1 Å². The topological polar surface area (TPSA) is 83.0 Å². The van der Waals surface area contributed by atoms with Crippen molar-refractivity contribution in [2.24, 2.45) is 0 Å². The average molecular weight is 508 g/mol. The molecule has 0 atom stereocenters. The van der Waals surface area contributed by atoms with E-state index in [0.29, 0.717) is 11.5 Å². The van der Waals surface area contributed by atoms with Gasteiger partial charge in [-0.1, -0.05) is 12.1 Å². The molecule has 0 amide bonds. The SMILES string of the molecule is [Pt+2].[c-]1cccc2ccn3ccnc3c12.c1ccc(-c2nnn[n-]2)nc1. The number of imidazole rings is 1. The number of rotatable bonds is 1. The van der Waals surface area contributed by atoms with Crippen LogP contribution in [-0.4, -0.2) is 29.9 Å². The molecule has 0 radical (unpaired) electrons. The van der Waals surface area contributed by atoms with E-state index in [1.807, 2.05) is 41.1 Å². The maximum absolute atomic E-state index is 4.28. The number of aromatic nitrogens is 7. The molecule has 8 heteroatoms. The van der Waals surface area contributed by atoms with Crippen LogP contribution in [0.5, 0.6) is 0 Å². The molecule has 7 nitrogen and oxygen atoms in total. The van der Waals surface area contributed by atoms with Crippen molar-refractivity contribution in [1.29, 1.82) is 0 Å². The van der Waals surface area contributed by atoms with Crippen molar-refractivity contribution >= 4 is 16.4 Å². The van der Waals surface area contributed by atoms with Gasteiger partial charge in [0.05, 0.1) is 17.2 Å². The summed E-state index contributed by atoms with van der Waals surface area (Å²) in [4.78, 5) is 8.29. The van der Waals surface area contributed by atoms with Gasteiger partial charge >= 0.3 is 21.1 Å². The molecule has 5 rings (SSSR count). The summed E-state index contributed by atoms with van der Waals surface area (Å²) < 4.78 is 2.00. The monoisotopic (exact) mass is 508 g/mol. The quantitative estimate of drug-likeness (QED) is 0.323. The van der Waals surface area contributed by atoms with E-state index < -0.39 is 0 Å². The summed E-state index contributed by atoms with van der Waals surface area (Å²) in [6.07, 6.45) is 7.43. The Kier molecular flexibility index (Phi) is 5.26. The predicted octanol–water partition coefficient (Wildman–Crippen LogP) is 2.18. The zero-order chi connectivity index (χ0) is 16.2. The van der Waals surface area contributed by atoms with E-state index in [2.05, 4.69) is 48.8 Å². The van der Waals surface area contributed by atoms with Crippen LogP contribution < -0.4 is 5.10 Å². The van der Waals surface area contributed by atoms with Gasteiger partial charge in [-0.05, 0) is 18.3 Å². The zero-order valence-corrected chi connectivity index (χ0v) is 15.1. The Morgan fingerprint density at radius 1 is 0.960 bits per heavy atom. The third-order valence-corrected chi connectivity index (χ3v) is 3.41. The van der Waals surface area contributed by atoms with Crippen molar-refractivity contribution < 1.29 is 21.1 Å². The Hall–Kier alpha value is -2.92. The van der Waals surface area contributed by atoms with E-state index in [1.54, 1.807) is 18.5 Å². The fraction of sp³-hybridized carbons (Fsp3) is 0. The summed E-state index contributed by atoms with van der Waals surface area (Å²) in [5, 5.41) is 16.3. The van der Waals surface area contributed by atoms with Crippen molar-refractivity contribution in [3.63, 3.8) is 0 Å². The second kappa shape index (κ2) is 7.77. The number of pyridine rings is 2. The summed E-state index contributed by atoms with van der Waals surface area (Å²) in [7, 11) is 0. The summed E-state index contributed by atoms with van der Waals surface area (Å²) in [6, 6.07) is 16.7. The molecule has 124 valence electrons. The molecule has 0 fully saturated rings. The van der Waals surface area contributed by atoms with Gasteiger partial charge in [0.15, 0.2) is 0 Å². The molecular formula is C17H11N7Pt. The molecule has 0 bridgehead atoms. The van der Waals surface area contributed by atoms with Crippen LogP contribution >= 0.6 is 0 Å². The zero-order valence-electron chi connectivity index (χ0n) is 12.8. The Bertz CT molecular complexity index is 1060. The van der Waals surface area contributed by atoms with Crippen LogP contribution in [0.2, 0.25) is 0 Å². The molecule has 0 unspecified atom stereocenters. The fourth-order valence-corrected chi connectivity index (χ4v) is 2.31. The molecule has 0 aliphatic rings. The van der Waals surface area contributed by atoms with Crippen LogP contribution in [-0.2, 0) is 21.1 Å². The van der Waals surface area contributed by atoms with Gasteiger partial charge in [0.2, 0.25) is 0 Å². The van der Waals surface area contributed by atoms with Crippen molar-refractivity contribution in [2.75, 3.05) is 0 Å². The number of nitrogens with zero attached hydrogens (tertiary/aromatic N) is 7. The molecule has 5 aromatic rings. The second-order valence-electron chi connectivity index (χ2n) is 4.89. The predicted molar refractivity (Wildman–Crippen MR) is 87.9 cm³/mol. The van der Waals surface area contributed by atoms with Crippen molar-refractivity contribution in [3.8, 4) is 11.5 Å².